The second-order valence-corrected chi connectivity index (χ2v) is 5.26. The third kappa shape index (κ3) is 0.579. The Morgan fingerprint density at radius 2 is 1.29 bits per heavy atom. The van der Waals surface area contributed by atoms with Gasteiger partial charge in [0.05, 0.1) is 0 Å². The van der Waals surface area contributed by atoms with E-state index in [9.17, 15) is 9.59 Å². The molecular formula is C12H12O2. The van der Waals surface area contributed by atoms with Gasteiger partial charge in [0.1, 0.15) is 11.6 Å². The van der Waals surface area contributed by atoms with Gasteiger partial charge in [0.2, 0.25) is 0 Å². The molecule has 2 nitrogen and oxygen atoms in total. The van der Waals surface area contributed by atoms with Crippen molar-refractivity contribution in [1.82, 2.24) is 0 Å². The van der Waals surface area contributed by atoms with Gasteiger partial charge in [0.15, 0.2) is 0 Å². The van der Waals surface area contributed by atoms with Gasteiger partial charge >= 0.3 is 0 Å². The molecule has 3 fully saturated rings. The molecular weight excluding hydrogens is 176 g/mol. The molecule has 5 rings (SSSR count). The second kappa shape index (κ2) is 2.02. The van der Waals surface area contributed by atoms with Crippen LogP contribution in [0.25, 0.3) is 0 Å². The number of Topliss-reactive ketones (excluding diaryl/α,β-unsaturated/α-hetero) is 2. The molecule has 6 bridgehead atoms. The van der Waals surface area contributed by atoms with Gasteiger partial charge in [-0.3, -0.25) is 9.59 Å². The molecule has 72 valence electrons. The zero-order chi connectivity index (χ0) is 9.45. The van der Waals surface area contributed by atoms with E-state index in [0.29, 0.717) is 35.2 Å². The molecule has 14 heavy (non-hydrogen) atoms. The fraction of sp³-hybridized carbons (Fsp3) is 0.667. The molecule has 0 aromatic rings. The highest BCUT2D eigenvalue weighted by Gasteiger charge is 2.64. The van der Waals surface area contributed by atoms with Gasteiger partial charge in [-0.05, 0) is 23.7 Å². The summed E-state index contributed by atoms with van der Waals surface area (Å²) in [5, 5.41) is 0. The number of ketones is 2. The van der Waals surface area contributed by atoms with Crippen LogP contribution in [0.3, 0.4) is 0 Å². The molecule has 0 aromatic carbocycles. The molecule has 0 saturated heterocycles. The van der Waals surface area contributed by atoms with Crippen molar-refractivity contribution in [3.05, 3.63) is 12.2 Å². The Hall–Kier alpha value is -0.920. The first kappa shape index (κ1) is 7.38. The van der Waals surface area contributed by atoms with Crippen molar-refractivity contribution in [2.24, 2.45) is 35.5 Å². The van der Waals surface area contributed by atoms with Gasteiger partial charge in [-0.25, -0.2) is 0 Å². The van der Waals surface area contributed by atoms with Gasteiger partial charge in [0.25, 0.3) is 0 Å². The van der Waals surface area contributed by atoms with Crippen molar-refractivity contribution < 1.29 is 9.59 Å². The van der Waals surface area contributed by atoms with E-state index in [1.54, 1.807) is 0 Å². The molecule has 0 radical (unpaired) electrons. The zero-order valence-corrected chi connectivity index (χ0v) is 7.85. The molecule has 0 unspecified atom stereocenters. The van der Waals surface area contributed by atoms with Crippen molar-refractivity contribution in [2.45, 2.75) is 12.8 Å². The van der Waals surface area contributed by atoms with Crippen molar-refractivity contribution in [3.63, 3.8) is 0 Å². The van der Waals surface area contributed by atoms with Crippen LogP contribution >= 0.6 is 0 Å². The summed E-state index contributed by atoms with van der Waals surface area (Å²) in [6.07, 6.45) is 5.95. The number of carbonyl (C=O) groups is 2. The Kier molecular flexibility index (Phi) is 1.07. The smallest absolute Gasteiger partial charge is 0.137 e. The van der Waals surface area contributed by atoms with E-state index in [1.165, 1.54) is 0 Å². The lowest BCUT2D eigenvalue weighted by Crippen LogP contribution is -2.40. The van der Waals surface area contributed by atoms with Crippen LogP contribution in [0.2, 0.25) is 0 Å². The number of carbonyl (C=O) groups excluding carboxylic acids is 2. The molecule has 2 heteroatoms. The lowest BCUT2D eigenvalue weighted by molar-refractivity contribution is -0.130. The lowest BCUT2D eigenvalue weighted by Gasteiger charge is -2.41. The average molecular weight is 188 g/mol. The van der Waals surface area contributed by atoms with Crippen LogP contribution in [-0.2, 0) is 9.59 Å². The Labute approximate surface area is 82.4 Å². The molecule has 0 aromatic heterocycles. The fourth-order valence-electron chi connectivity index (χ4n) is 4.51. The van der Waals surface area contributed by atoms with Gasteiger partial charge in [0, 0.05) is 24.7 Å². The van der Waals surface area contributed by atoms with E-state index < -0.39 is 0 Å². The van der Waals surface area contributed by atoms with Crippen molar-refractivity contribution >= 4 is 11.6 Å². The molecule has 0 spiro atoms. The summed E-state index contributed by atoms with van der Waals surface area (Å²) in [5.41, 5.74) is 0. The highest BCUT2D eigenvalue weighted by molar-refractivity contribution is 5.96. The molecule has 5 aliphatic carbocycles. The maximum Gasteiger partial charge on any atom is 0.137 e. The first-order valence-corrected chi connectivity index (χ1v) is 5.51. The van der Waals surface area contributed by atoms with E-state index in [-0.39, 0.29) is 11.8 Å². The minimum absolute atomic E-state index is 0.0845. The maximum atomic E-state index is 11.8. The van der Waals surface area contributed by atoms with Crippen molar-refractivity contribution in [2.75, 3.05) is 0 Å². The Bertz CT molecular complexity index is 346. The average Bonchev–Trinajstić information content (AvgIpc) is 2.61. The third-order valence-corrected chi connectivity index (χ3v) is 4.93. The summed E-state index contributed by atoms with van der Waals surface area (Å²) >= 11 is 0. The van der Waals surface area contributed by atoms with E-state index in [2.05, 4.69) is 12.2 Å². The normalized spacial score (nSPS) is 57.4. The van der Waals surface area contributed by atoms with Gasteiger partial charge in [-0.1, -0.05) is 12.2 Å². The largest absolute Gasteiger partial charge is 0.299 e. The van der Waals surface area contributed by atoms with Crippen LogP contribution in [0, 0.1) is 35.5 Å². The second-order valence-electron chi connectivity index (χ2n) is 5.26. The van der Waals surface area contributed by atoms with Crippen molar-refractivity contribution in [3.8, 4) is 0 Å². The van der Waals surface area contributed by atoms with Crippen LogP contribution in [0.5, 0.6) is 0 Å². The number of hydrogen-bond acceptors (Lipinski definition) is 2. The van der Waals surface area contributed by atoms with Crippen LogP contribution in [0.1, 0.15) is 12.8 Å². The quantitative estimate of drug-likeness (QED) is 0.535. The van der Waals surface area contributed by atoms with E-state index in [4.69, 9.17) is 0 Å². The molecule has 5 aliphatic rings. The van der Waals surface area contributed by atoms with E-state index in [0.717, 1.165) is 12.8 Å². The summed E-state index contributed by atoms with van der Waals surface area (Å²) < 4.78 is 0. The minimum atomic E-state index is 0.0845. The van der Waals surface area contributed by atoms with Crippen LogP contribution in [0.4, 0.5) is 0 Å². The maximum absolute atomic E-state index is 11.8. The summed E-state index contributed by atoms with van der Waals surface area (Å²) in [6, 6.07) is 0. The van der Waals surface area contributed by atoms with Crippen molar-refractivity contribution in [1.29, 1.82) is 0 Å². The third-order valence-electron chi connectivity index (χ3n) is 4.93. The number of rotatable bonds is 0. The molecule has 0 heterocycles. The molecule has 0 N–H and O–H groups in total. The predicted octanol–water partition coefficient (Wildman–Crippen LogP) is 1.21. The highest BCUT2D eigenvalue weighted by atomic mass is 16.1. The van der Waals surface area contributed by atoms with Gasteiger partial charge < -0.3 is 0 Å². The predicted molar refractivity (Wildman–Crippen MR) is 49.3 cm³/mol. The first-order chi connectivity index (χ1) is 6.77. The van der Waals surface area contributed by atoms with Gasteiger partial charge in [-0.15, -0.1) is 0 Å². The highest BCUT2D eigenvalue weighted by Crippen LogP contribution is 2.62. The zero-order valence-electron chi connectivity index (χ0n) is 7.85. The monoisotopic (exact) mass is 188 g/mol. The Balaban J connectivity index is 1.97. The van der Waals surface area contributed by atoms with Crippen LogP contribution in [0.15, 0.2) is 12.2 Å². The molecule has 6 atom stereocenters. The lowest BCUT2D eigenvalue weighted by atomic mass is 9.61. The van der Waals surface area contributed by atoms with E-state index >= 15 is 0 Å². The molecule has 3 saturated carbocycles. The Morgan fingerprint density at radius 1 is 0.857 bits per heavy atom. The first-order valence-electron chi connectivity index (χ1n) is 5.51. The fourth-order valence-corrected chi connectivity index (χ4v) is 4.51. The minimum Gasteiger partial charge on any atom is -0.299 e. The van der Waals surface area contributed by atoms with Gasteiger partial charge in [-0.2, -0.15) is 0 Å². The van der Waals surface area contributed by atoms with E-state index in [1.807, 2.05) is 0 Å². The Morgan fingerprint density at radius 3 is 1.71 bits per heavy atom. The number of hydrogen-bond donors (Lipinski definition) is 0. The SMILES string of the molecule is O=C1C[C@@H]2[C@H]3C=C[C@H]4[C@@H]2CC(=O)[C@@H]4[C@H]13. The topological polar surface area (TPSA) is 34.1 Å². The molecule has 0 aliphatic heterocycles. The summed E-state index contributed by atoms with van der Waals surface area (Å²) in [5.74, 6) is 2.80. The summed E-state index contributed by atoms with van der Waals surface area (Å²) in [7, 11) is 0. The number of allylic oxidation sites excluding steroid dienone is 2. The molecule has 0 amide bonds. The van der Waals surface area contributed by atoms with Crippen LogP contribution in [-0.4, -0.2) is 11.6 Å². The van der Waals surface area contributed by atoms with Crippen LogP contribution < -0.4 is 0 Å². The summed E-state index contributed by atoms with van der Waals surface area (Å²) in [4.78, 5) is 23.6. The summed E-state index contributed by atoms with van der Waals surface area (Å²) in [6.45, 7) is 0. The standard InChI is InChI=1S/C12H12O2/c13-9-3-7-5-1-2-6-8(7)4-10(14)12(6)11(5)9/h1-2,5-8,11-12H,3-4H2/t5-,6+,7-,8+,11+,12-.